The van der Waals surface area contributed by atoms with Gasteiger partial charge in [0.1, 0.15) is 5.82 Å². The van der Waals surface area contributed by atoms with Gasteiger partial charge < -0.3 is 0 Å². The molecule has 0 unspecified atom stereocenters. The summed E-state index contributed by atoms with van der Waals surface area (Å²) in [6, 6.07) is 10.0. The van der Waals surface area contributed by atoms with Crippen molar-refractivity contribution in [1.82, 2.24) is 14.9 Å². The SMILES string of the molecule is Cc1ccnc([C@H]2CCN(Cc3ccccc3Cl)C2)n1. The average Bonchev–Trinajstić information content (AvgIpc) is 2.90. The van der Waals surface area contributed by atoms with Crippen molar-refractivity contribution in [3.8, 4) is 0 Å². The van der Waals surface area contributed by atoms with Gasteiger partial charge in [-0.2, -0.15) is 0 Å². The lowest BCUT2D eigenvalue weighted by Crippen LogP contribution is -2.20. The molecule has 1 saturated heterocycles. The van der Waals surface area contributed by atoms with Gasteiger partial charge in [-0.25, -0.2) is 9.97 Å². The minimum absolute atomic E-state index is 0.442. The fraction of sp³-hybridized carbons (Fsp3) is 0.375. The molecule has 0 amide bonds. The predicted octanol–water partition coefficient (Wildman–Crippen LogP) is 3.43. The fourth-order valence-corrected chi connectivity index (χ4v) is 2.92. The Morgan fingerprint density at radius 1 is 1.30 bits per heavy atom. The zero-order valence-electron chi connectivity index (χ0n) is 11.6. The molecule has 0 N–H and O–H groups in total. The highest BCUT2D eigenvalue weighted by atomic mass is 35.5. The standard InChI is InChI=1S/C16H18ClN3/c1-12-6-8-18-16(19-12)14-7-9-20(11-14)10-13-4-2-3-5-15(13)17/h2-6,8,14H,7,9-11H2,1H3/t14-/m0/s1. The smallest absolute Gasteiger partial charge is 0.132 e. The third kappa shape index (κ3) is 3.00. The van der Waals surface area contributed by atoms with E-state index in [0.717, 1.165) is 42.6 Å². The van der Waals surface area contributed by atoms with Crippen molar-refractivity contribution in [2.75, 3.05) is 13.1 Å². The van der Waals surface area contributed by atoms with E-state index in [1.807, 2.05) is 37.4 Å². The molecule has 4 heteroatoms. The van der Waals surface area contributed by atoms with Gasteiger partial charge in [0, 0.05) is 35.9 Å². The van der Waals surface area contributed by atoms with E-state index in [0.29, 0.717) is 5.92 Å². The van der Waals surface area contributed by atoms with Gasteiger partial charge in [0.05, 0.1) is 0 Å². The second kappa shape index (κ2) is 5.90. The topological polar surface area (TPSA) is 29.0 Å². The summed E-state index contributed by atoms with van der Waals surface area (Å²) in [6.07, 6.45) is 2.97. The molecule has 0 aliphatic carbocycles. The predicted molar refractivity (Wildman–Crippen MR) is 80.9 cm³/mol. The number of likely N-dealkylation sites (tertiary alicyclic amines) is 1. The minimum atomic E-state index is 0.442. The Morgan fingerprint density at radius 3 is 2.95 bits per heavy atom. The molecule has 20 heavy (non-hydrogen) atoms. The van der Waals surface area contributed by atoms with Crippen molar-refractivity contribution in [3.63, 3.8) is 0 Å². The van der Waals surface area contributed by atoms with Crippen LogP contribution >= 0.6 is 11.6 Å². The Kier molecular flexibility index (Phi) is 3.99. The van der Waals surface area contributed by atoms with Crippen LogP contribution < -0.4 is 0 Å². The number of benzene rings is 1. The summed E-state index contributed by atoms with van der Waals surface area (Å²) in [4.78, 5) is 11.4. The first kappa shape index (κ1) is 13.5. The van der Waals surface area contributed by atoms with E-state index in [4.69, 9.17) is 11.6 Å². The van der Waals surface area contributed by atoms with Gasteiger partial charge in [-0.1, -0.05) is 29.8 Å². The molecule has 0 saturated carbocycles. The number of hydrogen-bond acceptors (Lipinski definition) is 3. The molecule has 1 aliphatic rings. The molecule has 3 rings (SSSR count). The van der Waals surface area contributed by atoms with Crippen molar-refractivity contribution in [2.24, 2.45) is 0 Å². The van der Waals surface area contributed by atoms with Gasteiger partial charge >= 0.3 is 0 Å². The highest BCUT2D eigenvalue weighted by Gasteiger charge is 2.26. The number of rotatable bonds is 3. The van der Waals surface area contributed by atoms with E-state index in [-0.39, 0.29) is 0 Å². The maximum Gasteiger partial charge on any atom is 0.132 e. The van der Waals surface area contributed by atoms with Gasteiger partial charge in [-0.3, -0.25) is 4.90 Å². The second-order valence-corrected chi connectivity index (χ2v) is 5.78. The first-order chi connectivity index (χ1) is 9.72. The first-order valence-electron chi connectivity index (χ1n) is 6.97. The lowest BCUT2D eigenvalue weighted by atomic mass is 10.1. The highest BCUT2D eigenvalue weighted by Crippen LogP contribution is 2.27. The molecule has 3 nitrogen and oxygen atoms in total. The van der Waals surface area contributed by atoms with E-state index in [2.05, 4.69) is 20.9 Å². The molecule has 2 heterocycles. The molecule has 1 aromatic heterocycles. The second-order valence-electron chi connectivity index (χ2n) is 5.37. The van der Waals surface area contributed by atoms with E-state index >= 15 is 0 Å². The lowest BCUT2D eigenvalue weighted by molar-refractivity contribution is 0.326. The van der Waals surface area contributed by atoms with E-state index in [1.54, 1.807) is 0 Å². The normalized spacial score (nSPS) is 19.4. The molecule has 1 aromatic carbocycles. The summed E-state index contributed by atoms with van der Waals surface area (Å²) in [5, 5.41) is 0.850. The number of halogens is 1. The fourth-order valence-electron chi connectivity index (χ4n) is 2.72. The molecule has 1 aliphatic heterocycles. The summed E-state index contributed by atoms with van der Waals surface area (Å²) in [6.45, 7) is 5.01. The summed E-state index contributed by atoms with van der Waals surface area (Å²) in [5.74, 6) is 1.42. The van der Waals surface area contributed by atoms with Gasteiger partial charge in [0.15, 0.2) is 0 Å². The van der Waals surface area contributed by atoms with E-state index < -0.39 is 0 Å². The van der Waals surface area contributed by atoms with Crippen molar-refractivity contribution < 1.29 is 0 Å². The maximum absolute atomic E-state index is 6.23. The van der Waals surface area contributed by atoms with E-state index in [1.165, 1.54) is 5.56 Å². The molecule has 1 atom stereocenters. The van der Waals surface area contributed by atoms with Crippen molar-refractivity contribution in [2.45, 2.75) is 25.8 Å². The Hall–Kier alpha value is -1.45. The monoisotopic (exact) mass is 287 g/mol. The summed E-state index contributed by atoms with van der Waals surface area (Å²) in [7, 11) is 0. The summed E-state index contributed by atoms with van der Waals surface area (Å²) in [5.41, 5.74) is 2.24. The van der Waals surface area contributed by atoms with Crippen LogP contribution in [0.5, 0.6) is 0 Å². The van der Waals surface area contributed by atoms with Crippen LogP contribution in [0.25, 0.3) is 0 Å². The molecule has 0 spiro atoms. The number of aromatic nitrogens is 2. The molecular weight excluding hydrogens is 270 g/mol. The van der Waals surface area contributed by atoms with Crippen LogP contribution in [0.3, 0.4) is 0 Å². The van der Waals surface area contributed by atoms with Crippen molar-refractivity contribution >= 4 is 11.6 Å². The quantitative estimate of drug-likeness (QED) is 0.866. The van der Waals surface area contributed by atoms with Gasteiger partial charge in [0.25, 0.3) is 0 Å². The molecule has 0 bridgehead atoms. The Labute approximate surface area is 124 Å². The van der Waals surface area contributed by atoms with Crippen LogP contribution in [0, 0.1) is 6.92 Å². The van der Waals surface area contributed by atoms with Crippen LogP contribution in [-0.4, -0.2) is 28.0 Å². The largest absolute Gasteiger partial charge is 0.298 e. The summed E-state index contributed by atoms with van der Waals surface area (Å²) < 4.78 is 0. The molecular formula is C16H18ClN3. The van der Waals surface area contributed by atoms with Gasteiger partial charge in [-0.15, -0.1) is 0 Å². The molecule has 104 valence electrons. The molecule has 2 aromatic rings. The number of nitrogens with zero attached hydrogens (tertiary/aromatic N) is 3. The van der Waals surface area contributed by atoms with Crippen LogP contribution in [0.4, 0.5) is 0 Å². The summed E-state index contributed by atoms with van der Waals surface area (Å²) >= 11 is 6.23. The van der Waals surface area contributed by atoms with Crippen LogP contribution in [0.15, 0.2) is 36.5 Å². The molecule has 0 radical (unpaired) electrons. The van der Waals surface area contributed by atoms with Crippen molar-refractivity contribution in [1.29, 1.82) is 0 Å². The molecule has 1 fully saturated rings. The highest BCUT2D eigenvalue weighted by molar-refractivity contribution is 6.31. The zero-order chi connectivity index (χ0) is 13.9. The van der Waals surface area contributed by atoms with Crippen LogP contribution in [0.2, 0.25) is 5.02 Å². The van der Waals surface area contributed by atoms with E-state index in [9.17, 15) is 0 Å². The minimum Gasteiger partial charge on any atom is -0.298 e. The Morgan fingerprint density at radius 2 is 2.15 bits per heavy atom. The number of hydrogen-bond donors (Lipinski definition) is 0. The third-order valence-corrected chi connectivity index (χ3v) is 4.17. The lowest BCUT2D eigenvalue weighted by Gasteiger charge is -2.16. The average molecular weight is 288 g/mol. The third-order valence-electron chi connectivity index (χ3n) is 3.80. The Balaban J connectivity index is 1.67. The van der Waals surface area contributed by atoms with Crippen LogP contribution in [-0.2, 0) is 6.54 Å². The zero-order valence-corrected chi connectivity index (χ0v) is 12.3. The van der Waals surface area contributed by atoms with Crippen molar-refractivity contribution in [3.05, 3.63) is 58.6 Å². The first-order valence-corrected chi connectivity index (χ1v) is 7.35. The van der Waals surface area contributed by atoms with Crippen LogP contribution in [0.1, 0.15) is 29.4 Å². The van der Waals surface area contributed by atoms with Gasteiger partial charge in [-0.05, 0) is 37.6 Å². The Bertz CT molecular complexity index is 600. The number of aryl methyl sites for hydroxylation is 1. The maximum atomic E-state index is 6.23. The van der Waals surface area contributed by atoms with Gasteiger partial charge in [0.2, 0.25) is 0 Å².